The van der Waals surface area contributed by atoms with Crippen LogP contribution in [-0.4, -0.2) is 99.4 Å². The van der Waals surface area contributed by atoms with Gasteiger partial charge in [-0.3, -0.25) is 9.59 Å². The summed E-state index contributed by atoms with van der Waals surface area (Å²) in [6, 6.07) is 0. The Balaban J connectivity index is 0.000000242. The first-order valence-corrected chi connectivity index (χ1v) is 20.1. The quantitative estimate of drug-likeness (QED) is 0.195. The van der Waals surface area contributed by atoms with Gasteiger partial charge in [-0.25, -0.2) is 8.78 Å². The molecule has 0 aromatic carbocycles. The number of ether oxygens (including phenoxy) is 2. The van der Waals surface area contributed by atoms with E-state index in [1.807, 2.05) is 6.92 Å². The highest BCUT2D eigenvalue weighted by atomic mass is 19.4. The summed E-state index contributed by atoms with van der Waals surface area (Å²) >= 11 is 0. The van der Waals surface area contributed by atoms with Crippen LogP contribution in [0.4, 0.5) is 87.8 Å². The zero-order valence-electron chi connectivity index (χ0n) is 34.1. The smallest absolute Gasteiger partial charge is 0.426 e. The van der Waals surface area contributed by atoms with Crippen LogP contribution in [0.25, 0.3) is 0 Å². The van der Waals surface area contributed by atoms with Gasteiger partial charge in [-0.2, -0.15) is 79.0 Å². The molecule has 15 atom stereocenters. The van der Waals surface area contributed by atoms with Gasteiger partial charge in [-0.05, 0) is 88.9 Å². The molecule has 0 amide bonds. The molecule has 6 aliphatic rings. The van der Waals surface area contributed by atoms with E-state index in [2.05, 4.69) is 11.7 Å². The molecule has 0 heterocycles. The van der Waals surface area contributed by atoms with Crippen LogP contribution in [0.3, 0.4) is 0 Å². The lowest BCUT2D eigenvalue weighted by molar-refractivity contribution is -0.391. The maximum atomic E-state index is 15.4. The Morgan fingerprint density at radius 1 is 0.594 bits per heavy atom. The molecular weight excluding hydrogens is 932 g/mol. The summed E-state index contributed by atoms with van der Waals surface area (Å²) in [5.41, 5.74) is -22.3. The van der Waals surface area contributed by atoms with Gasteiger partial charge in [0.15, 0.2) is 11.0 Å². The summed E-state index contributed by atoms with van der Waals surface area (Å²) in [6.45, 7) is 5.32. The minimum absolute atomic E-state index is 0.0114. The molecular formula is C38H44F20O6. The predicted molar refractivity (Wildman–Crippen MR) is 176 cm³/mol. The Kier molecular flexibility index (Phi) is 12.5. The largest absolute Gasteiger partial charge is 0.462 e. The number of fused-ring (bicyclic) bond motifs is 7. The highest BCUT2D eigenvalue weighted by molar-refractivity contribution is 5.77. The first-order valence-electron chi connectivity index (χ1n) is 20.1. The van der Waals surface area contributed by atoms with Crippen molar-refractivity contribution < 1.29 is 117 Å². The maximum Gasteiger partial charge on any atom is 0.426 e. The van der Waals surface area contributed by atoms with Crippen LogP contribution in [0.5, 0.6) is 0 Å². The van der Waals surface area contributed by atoms with E-state index in [1.165, 1.54) is 0 Å². The minimum atomic E-state index is -6.47. The minimum Gasteiger partial charge on any atom is -0.462 e. The second-order valence-electron chi connectivity index (χ2n) is 18.8. The van der Waals surface area contributed by atoms with Crippen LogP contribution in [0.1, 0.15) is 86.0 Å². The van der Waals surface area contributed by atoms with Gasteiger partial charge in [0, 0.05) is 23.7 Å². The number of hydrogen-bond acceptors (Lipinski definition) is 6. The first kappa shape index (κ1) is 52.4. The van der Waals surface area contributed by atoms with Gasteiger partial charge < -0.3 is 19.7 Å². The molecule has 6 fully saturated rings. The molecule has 6 nitrogen and oxygen atoms in total. The lowest BCUT2D eigenvalue weighted by Gasteiger charge is -2.47. The fourth-order valence-electron chi connectivity index (χ4n) is 11.2. The zero-order chi connectivity index (χ0) is 49.6. The Labute approximate surface area is 351 Å². The highest BCUT2D eigenvalue weighted by Gasteiger charge is 3.04. The van der Waals surface area contributed by atoms with Crippen molar-refractivity contribution in [2.24, 2.45) is 58.7 Å². The number of carbonyl (C=O) groups excluding carboxylic acids is 2. The van der Waals surface area contributed by atoms with Gasteiger partial charge >= 0.3 is 54.4 Å². The van der Waals surface area contributed by atoms with Crippen LogP contribution >= 0.6 is 0 Å². The van der Waals surface area contributed by atoms with E-state index in [4.69, 9.17) is 4.74 Å². The van der Waals surface area contributed by atoms with Gasteiger partial charge in [0.2, 0.25) is 11.3 Å². The second kappa shape index (κ2) is 15.2. The molecule has 26 heteroatoms. The number of carbonyl (C=O) groups is 2. The summed E-state index contributed by atoms with van der Waals surface area (Å²) < 4.78 is 284. The van der Waals surface area contributed by atoms with Crippen molar-refractivity contribution in [3.8, 4) is 0 Å². The van der Waals surface area contributed by atoms with Crippen molar-refractivity contribution in [2.75, 3.05) is 0 Å². The van der Waals surface area contributed by atoms with Crippen LogP contribution in [0.15, 0.2) is 0 Å². The predicted octanol–water partition coefficient (Wildman–Crippen LogP) is 10.7. The van der Waals surface area contributed by atoms with Crippen molar-refractivity contribution in [3.63, 3.8) is 0 Å². The molecule has 15 unspecified atom stereocenters. The molecule has 6 aliphatic carbocycles. The fraction of sp³-hybridized carbons (Fsp3) is 0.947. The summed E-state index contributed by atoms with van der Waals surface area (Å²) in [4.78, 5) is 24.9. The number of alkyl halides is 20. The number of esters is 2. The molecule has 0 spiro atoms. The Bertz CT molecular complexity index is 1780. The highest BCUT2D eigenvalue weighted by Crippen LogP contribution is 2.79. The van der Waals surface area contributed by atoms with Crippen molar-refractivity contribution in [2.45, 2.75) is 163 Å². The number of hydrogen-bond donors (Lipinski definition) is 2. The molecule has 0 radical (unpaired) electrons. The third kappa shape index (κ3) is 6.91. The van der Waals surface area contributed by atoms with E-state index in [-0.39, 0.29) is 18.8 Å². The molecule has 0 aromatic heterocycles. The maximum absolute atomic E-state index is 15.4. The topological polar surface area (TPSA) is 93.1 Å². The van der Waals surface area contributed by atoms with E-state index in [0.717, 1.165) is 13.3 Å². The molecule has 6 rings (SSSR count). The average Bonchev–Trinajstić information content (AvgIpc) is 3.90. The standard InChI is InChI=1S/C20H22F8O2.C18H22F12O4/c1-7-8(2)11-3-9(7)4-12(11)15(29)30-14-6-10-5-13(14)17(22)16(10,21)18(23,24)20(27,28)19(17,25)26;1-4-12(2,15(19,20)21)11(31)34-10-6-8(13(3,32)16(22,23)24)5-9(7-10)14(33,17(25,26)27)18(28,29)30/h7-14H,3-6H2,1-2H3;8-10,32-33H,4-7H2,1-3H3. The SMILES string of the molecule is CC1C2CC(C(=O)OC3CC4CC3C3(F)C(F)(F)C(F)(F)C(F)(F)C43F)C(C2)C1C.CCC(C)(C(=O)OC1CC(C(C)(O)C(F)(F)F)CC(C(O)(C(F)(F)F)C(F)(F)F)C1)C(F)(F)F. The summed E-state index contributed by atoms with van der Waals surface area (Å²) in [7, 11) is 0. The fourth-order valence-corrected chi connectivity index (χ4v) is 11.2. The van der Waals surface area contributed by atoms with Crippen LogP contribution in [0, 0.1) is 58.7 Å². The molecule has 372 valence electrons. The monoisotopic (exact) mass is 976 g/mol. The molecule has 4 bridgehead atoms. The average molecular weight is 977 g/mol. The lowest BCUT2D eigenvalue weighted by atomic mass is 9.66. The summed E-state index contributed by atoms with van der Waals surface area (Å²) in [6.07, 6.45) is -33.3. The van der Waals surface area contributed by atoms with Crippen LogP contribution < -0.4 is 0 Å². The molecule has 0 aliphatic heterocycles. The van der Waals surface area contributed by atoms with Gasteiger partial charge in [0.05, 0.1) is 5.92 Å². The summed E-state index contributed by atoms with van der Waals surface area (Å²) in [5.74, 6) is -30.5. The van der Waals surface area contributed by atoms with Gasteiger partial charge in [0.1, 0.15) is 12.2 Å². The van der Waals surface area contributed by atoms with E-state index < -0.39 is 163 Å². The second-order valence-corrected chi connectivity index (χ2v) is 18.8. The van der Waals surface area contributed by atoms with Crippen molar-refractivity contribution in [1.29, 1.82) is 0 Å². The summed E-state index contributed by atoms with van der Waals surface area (Å²) in [5, 5.41) is 19.5. The van der Waals surface area contributed by atoms with E-state index in [1.54, 1.807) is 0 Å². The third-order valence-electron chi connectivity index (χ3n) is 15.8. The van der Waals surface area contributed by atoms with Crippen LogP contribution in [-0.2, 0) is 19.1 Å². The van der Waals surface area contributed by atoms with Crippen molar-refractivity contribution >= 4 is 11.9 Å². The van der Waals surface area contributed by atoms with Gasteiger partial charge in [-0.1, -0.05) is 20.8 Å². The normalized spacial score (nSPS) is 40.8. The van der Waals surface area contributed by atoms with E-state index >= 15 is 8.78 Å². The molecule has 0 aromatic rings. The molecule has 2 N–H and O–H groups in total. The van der Waals surface area contributed by atoms with Crippen molar-refractivity contribution in [1.82, 2.24) is 0 Å². The zero-order valence-corrected chi connectivity index (χ0v) is 34.1. The van der Waals surface area contributed by atoms with Crippen molar-refractivity contribution in [3.05, 3.63) is 0 Å². The Hall–Kier alpha value is -2.54. The van der Waals surface area contributed by atoms with E-state index in [0.29, 0.717) is 25.2 Å². The van der Waals surface area contributed by atoms with Gasteiger partial charge in [-0.15, -0.1) is 0 Å². The molecule has 0 saturated heterocycles. The molecule has 64 heavy (non-hydrogen) atoms. The first-order chi connectivity index (χ1) is 28.4. The Morgan fingerprint density at radius 2 is 1.09 bits per heavy atom. The third-order valence-corrected chi connectivity index (χ3v) is 15.8. The number of halogens is 20. The lowest BCUT2D eigenvalue weighted by Crippen LogP contribution is -2.64. The Morgan fingerprint density at radius 3 is 1.53 bits per heavy atom. The number of aliphatic hydroxyl groups is 2. The van der Waals surface area contributed by atoms with Gasteiger partial charge in [0.25, 0.3) is 5.60 Å². The molecule has 6 saturated carbocycles. The number of rotatable bonds is 7. The van der Waals surface area contributed by atoms with Crippen LogP contribution in [0.2, 0.25) is 0 Å². The van der Waals surface area contributed by atoms with E-state index in [9.17, 15) is 98.8 Å².